The second kappa shape index (κ2) is 6.65. The molecule has 0 aliphatic heterocycles. The van der Waals surface area contributed by atoms with Crippen LogP contribution < -0.4 is 9.47 Å². The van der Waals surface area contributed by atoms with Crippen LogP contribution in [0.25, 0.3) is 10.8 Å². The van der Waals surface area contributed by atoms with Crippen LogP contribution in [0, 0.1) is 6.92 Å². The van der Waals surface area contributed by atoms with Gasteiger partial charge in [0.1, 0.15) is 17.2 Å². The van der Waals surface area contributed by atoms with Crippen LogP contribution in [0.2, 0.25) is 0 Å². The topological polar surface area (TPSA) is 82.1 Å². The van der Waals surface area contributed by atoms with E-state index in [1.54, 1.807) is 30.3 Å². The molecule has 3 aromatic carbocycles. The number of aryl methyl sites for hydroxylation is 1. The van der Waals surface area contributed by atoms with Crippen molar-refractivity contribution in [2.24, 2.45) is 0 Å². The number of phenols is 1. The third kappa shape index (κ3) is 2.53. The SMILES string of the molecule is COCOc1ccc(OC)c2c1C(=O)c1c(ccc3cc(C)cc(O)c13)C2=O. The molecule has 0 bridgehead atoms. The van der Waals surface area contributed by atoms with E-state index in [-0.39, 0.29) is 52.1 Å². The molecule has 6 nitrogen and oxygen atoms in total. The standard InChI is InChI=1S/C22H18O6/c1-11-8-12-4-5-13-18(17(12)14(23)9-11)22(25)20-16(28-10-26-2)7-6-15(27-3)19(20)21(13)24/h4-9,23H,10H2,1-3H3. The zero-order valence-corrected chi connectivity index (χ0v) is 15.7. The van der Waals surface area contributed by atoms with E-state index in [9.17, 15) is 14.7 Å². The van der Waals surface area contributed by atoms with Crippen molar-refractivity contribution in [3.63, 3.8) is 0 Å². The van der Waals surface area contributed by atoms with E-state index in [1.165, 1.54) is 14.2 Å². The van der Waals surface area contributed by atoms with Crippen LogP contribution in [0.15, 0.2) is 36.4 Å². The summed E-state index contributed by atoms with van der Waals surface area (Å²) in [6, 6.07) is 9.93. The number of benzene rings is 3. The van der Waals surface area contributed by atoms with E-state index >= 15 is 0 Å². The summed E-state index contributed by atoms with van der Waals surface area (Å²) in [5.74, 6) is -0.286. The van der Waals surface area contributed by atoms with Gasteiger partial charge in [0, 0.05) is 23.6 Å². The molecule has 0 saturated carbocycles. The minimum atomic E-state index is -0.403. The minimum Gasteiger partial charge on any atom is -0.507 e. The third-order valence-corrected chi connectivity index (χ3v) is 4.85. The van der Waals surface area contributed by atoms with Crippen LogP contribution in [-0.2, 0) is 4.74 Å². The molecule has 0 unspecified atom stereocenters. The first kappa shape index (κ1) is 18.0. The quantitative estimate of drug-likeness (QED) is 0.546. The van der Waals surface area contributed by atoms with Gasteiger partial charge in [-0.25, -0.2) is 0 Å². The molecule has 0 fully saturated rings. The highest BCUT2D eigenvalue weighted by Crippen LogP contribution is 2.42. The molecule has 0 spiro atoms. The summed E-state index contributed by atoms with van der Waals surface area (Å²) in [6.07, 6.45) is 0. The number of carbonyl (C=O) groups excluding carboxylic acids is 2. The van der Waals surface area contributed by atoms with Crippen molar-refractivity contribution in [3.05, 3.63) is 64.2 Å². The number of methoxy groups -OCH3 is 2. The lowest BCUT2D eigenvalue weighted by Crippen LogP contribution is -2.23. The number of ether oxygens (including phenoxy) is 3. The Hall–Kier alpha value is -3.38. The lowest BCUT2D eigenvalue weighted by atomic mass is 9.80. The van der Waals surface area contributed by atoms with Crippen molar-refractivity contribution in [3.8, 4) is 17.2 Å². The van der Waals surface area contributed by atoms with Gasteiger partial charge >= 0.3 is 0 Å². The van der Waals surface area contributed by atoms with Crippen molar-refractivity contribution in [1.82, 2.24) is 0 Å². The van der Waals surface area contributed by atoms with Gasteiger partial charge in [0.25, 0.3) is 0 Å². The number of ketones is 2. The summed E-state index contributed by atoms with van der Waals surface area (Å²) in [6.45, 7) is 1.77. The summed E-state index contributed by atoms with van der Waals surface area (Å²) in [5.41, 5.74) is 1.51. The monoisotopic (exact) mass is 378 g/mol. The predicted molar refractivity (Wildman–Crippen MR) is 103 cm³/mol. The summed E-state index contributed by atoms with van der Waals surface area (Å²) < 4.78 is 15.8. The van der Waals surface area contributed by atoms with Gasteiger partial charge in [-0.05, 0) is 42.1 Å². The number of aromatic hydroxyl groups is 1. The molecule has 0 saturated heterocycles. The molecule has 1 aliphatic carbocycles. The third-order valence-electron chi connectivity index (χ3n) is 4.85. The van der Waals surface area contributed by atoms with Crippen LogP contribution in [0.1, 0.15) is 37.4 Å². The number of phenolic OH excluding ortho intramolecular Hbond substituents is 1. The lowest BCUT2D eigenvalue weighted by Gasteiger charge is -2.23. The molecule has 4 rings (SSSR count). The molecule has 142 valence electrons. The van der Waals surface area contributed by atoms with Crippen molar-refractivity contribution in [2.75, 3.05) is 21.0 Å². The summed E-state index contributed by atoms with van der Waals surface area (Å²) >= 11 is 0. The van der Waals surface area contributed by atoms with E-state index in [0.29, 0.717) is 10.8 Å². The molecular formula is C22H18O6. The Morgan fingerprint density at radius 1 is 0.893 bits per heavy atom. The first-order valence-corrected chi connectivity index (χ1v) is 8.66. The van der Waals surface area contributed by atoms with Crippen LogP contribution >= 0.6 is 0 Å². The maximum atomic E-state index is 13.5. The van der Waals surface area contributed by atoms with Crippen LogP contribution in [0.3, 0.4) is 0 Å². The van der Waals surface area contributed by atoms with Crippen molar-refractivity contribution in [2.45, 2.75) is 6.92 Å². The largest absolute Gasteiger partial charge is 0.507 e. The highest BCUT2D eigenvalue weighted by Gasteiger charge is 2.37. The number of fused-ring (bicyclic) bond motifs is 4. The molecule has 0 atom stereocenters. The van der Waals surface area contributed by atoms with Crippen molar-refractivity contribution >= 4 is 22.3 Å². The number of carbonyl (C=O) groups is 2. The van der Waals surface area contributed by atoms with E-state index in [4.69, 9.17) is 14.2 Å². The molecule has 6 heteroatoms. The van der Waals surface area contributed by atoms with Crippen LogP contribution in [-0.4, -0.2) is 37.7 Å². The lowest BCUT2D eigenvalue weighted by molar-refractivity contribution is 0.0501. The first-order chi connectivity index (χ1) is 13.5. The Kier molecular flexibility index (Phi) is 4.28. The maximum absolute atomic E-state index is 13.5. The van der Waals surface area contributed by atoms with E-state index in [2.05, 4.69) is 0 Å². The van der Waals surface area contributed by atoms with E-state index in [0.717, 1.165) is 5.56 Å². The zero-order valence-electron chi connectivity index (χ0n) is 15.7. The first-order valence-electron chi connectivity index (χ1n) is 8.66. The molecule has 1 N–H and O–H groups in total. The number of hydrogen-bond donors (Lipinski definition) is 1. The van der Waals surface area contributed by atoms with Crippen LogP contribution in [0.5, 0.6) is 17.2 Å². The number of rotatable bonds is 4. The van der Waals surface area contributed by atoms with Gasteiger partial charge in [-0.3, -0.25) is 9.59 Å². The Morgan fingerprint density at radius 2 is 1.61 bits per heavy atom. The molecule has 0 radical (unpaired) electrons. The Labute approximate surface area is 161 Å². The second-order valence-corrected chi connectivity index (χ2v) is 6.60. The highest BCUT2D eigenvalue weighted by molar-refractivity contribution is 6.34. The zero-order chi connectivity index (χ0) is 20.0. The van der Waals surface area contributed by atoms with Gasteiger partial charge in [-0.1, -0.05) is 12.1 Å². The average molecular weight is 378 g/mol. The van der Waals surface area contributed by atoms with Gasteiger partial charge in [-0.2, -0.15) is 0 Å². The fourth-order valence-corrected chi connectivity index (χ4v) is 3.70. The fourth-order valence-electron chi connectivity index (χ4n) is 3.70. The van der Waals surface area contributed by atoms with Gasteiger partial charge in [-0.15, -0.1) is 0 Å². The normalized spacial score (nSPS) is 12.7. The second-order valence-electron chi connectivity index (χ2n) is 6.60. The summed E-state index contributed by atoms with van der Waals surface area (Å²) in [7, 11) is 2.90. The summed E-state index contributed by atoms with van der Waals surface area (Å²) in [4.78, 5) is 26.8. The van der Waals surface area contributed by atoms with Gasteiger partial charge in [0.2, 0.25) is 0 Å². The van der Waals surface area contributed by atoms with E-state index < -0.39 is 5.78 Å². The van der Waals surface area contributed by atoms with Gasteiger partial charge in [0.15, 0.2) is 18.4 Å². The van der Waals surface area contributed by atoms with Crippen molar-refractivity contribution in [1.29, 1.82) is 0 Å². The minimum absolute atomic E-state index is 0.0429. The molecular weight excluding hydrogens is 360 g/mol. The smallest absolute Gasteiger partial charge is 0.199 e. The molecule has 0 aromatic heterocycles. The van der Waals surface area contributed by atoms with Gasteiger partial charge in [0.05, 0.1) is 18.2 Å². The molecule has 3 aromatic rings. The molecule has 0 amide bonds. The molecule has 0 heterocycles. The molecule has 28 heavy (non-hydrogen) atoms. The molecule has 1 aliphatic rings. The van der Waals surface area contributed by atoms with E-state index in [1.807, 2.05) is 13.0 Å². The average Bonchev–Trinajstić information content (AvgIpc) is 2.68. The van der Waals surface area contributed by atoms with Crippen LogP contribution in [0.4, 0.5) is 0 Å². The number of hydrogen-bond acceptors (Lipinski definition) is 6. The fraction of sp³-hybridized carbons (Fsp3) is 0.182. The Bertz CT molecular complexity index is 1150. The van der Waals surface area contributed by atoms with Gasteiger partial charge < -0.3 is 19.3 Å². The van der Waals surface area contributed by atoms with Crippen molar-refractivity contribution < 1.29 is 28.9 Å². The maximum Gasteiger partial charge on any atom is 0.199 e. The predicted octanol–water partition coefficient (Wildman–Crippen LogP) is 3.62. The Morgan fingerprint density at radius 3 is 2.32 bits per heavy atom. The summed E-state index contributed by atoms with van der Waals surface area (Å²) in [5, 5.41) is 11.6. The highest BCUT2D eigenvalue weighted by atomic mass is 16.7. The Balaban J connectivity index is 2.06.